The minimum Gasteiger partial charge on any atom is -0.490 e. The van der Waals surface area contributed by atoms with Crippen molar-refractivity contribution in [3.8, 4) is 5.75 Å². The van der Waals surface area contributed by atoms with Crippen molar-refractivity contribution >= 4 is 0 Å². The van der Waals surface area contributed by atoms with Crippen LogP contribution in [-0.2, 0) is 6.54 Å². The summed E-state index contributed by atoms with van der Waals surface area (Å²) in [6.45, 7) is 8.59. The molecule has 2 nitrogen and oxygen atoms in total. The van der Waals surface area contributed by atoms with Crippen LogP contribution in [0.4, 0.5) is 0 Å². The fourth-order valence-electron chi connectivity index (χ4n) is 2.87. The maximum Gasteiger partial charge on any atom is 0.127 e. The molecule has 0 unspecified atom stereocenters. The van der Waals surface area contributed by atoms with Crippen LogP contribution in [0.15, 0.2) is 18.2 Å². The molecule has 0 bridgehead atoms. The number of ether oxygens (including phenoxy) is 1. The maximum absolute atomic E-state index is 6.33. The molecular formula is C18H29NO. The van der Waals surface area contributed by atoms with Gasteiger partial charge < -0.3 is 10.1 Å². The van der Waals surface area contributed by atoms with E-state index in [1.807, 2.05) is 0 Å². The van der Waals surface area contributed by atoms with Crippen LogP contribution in [0.3, 0.4) is 0 Å². The molecule has 1 saturated carbocycles. The molecule has 1 aromatic carbocycles. The Hall–Kier alpha value is -1.02. The third-order valence-corrected chi connectivity index (χ3v) is 4.00. The van der Waals surface area contributed by atoms with Crippen molar-refractivity contribution in [2.75, 3.05) is 6.54 Å². The normalized spacial score (nSPS) is 16.6. The molecule has 0 spiro atoms. The first-order chi connectivity index (χ1) is 9.66. The van der Waals surface area contributed by atoms with Crippen LogP contribution in [0.5, 0.6) is 5.75 Å². The Bertz CT molecular complexity index is 408. The van der Waals surface area contributed by atoms with E-state index >= 15 is 0 Å². The second-order valence-corrected chi connectivity index (χ2v) is 6.47. The zero-order valence-corrected chi connectivity index (χ0v) is 13.2. The predicted octanol–water partition coefficient (Wildman–Crippen LogP) is 4.45. The minimum atomic E-state index is 0.425. The van der Waals surface area contributed by atoms with Crippen molar-refractivity contribution in [2.24, 2.45) is 5.92 Å². The van der Waals surface area contributed by atoms with E-state index < -0.39 is 0 Å². The monoisotopic (exact) mass is 275 g/mol. The molecule has 0 amide bonds. The smallest absolute Gasteiger partial charge is 0.127 e. The summed E-state index contributed by atoms with van der Waals surface area (Å²) in [4.78, 5) is 0. The van der Waals surface area contributed by atoms with E-state index in [0.29, 0.717) is 12.0 Å². The van der Waals surface area contributed by atoms with Gasteiger partial charge in [-0.25, -0.2) is 0 Å². The number of benzene rings is 1. The fourth-order valence-corrected chi connectivity index (χ4v) is 2.87. The highest BCUT2D eigenvalue weighted by Crippen LogP contribution is 2.29. The number of rotatable bonds is 6. The highest BCUT2D eigenvalue weighted by molar-refractivity contribution is 5.40. The van der Waals surface area contributed by atoms with Gasteiger partial charge in [-0.2, -0.15) is 0 Å². The molecule has 20 heavy (non-hydrogen) atoms. The second kappa shape index (κ2) is 7.68. The molecule has 0 heterocycles. The van der Waals surface area contributed by atoms with Gasteiger partial charge in [0, 0.05) is 12.1 Å². The predicted molar refractivity (Wildman–Crippen MR) is 85.2 cm³/mol. The topological polar surface area (TPSA) is 21.3 Å². The van der Waals surface area contributed by atoms with Crippen molar-refractivity contribution < 1.29 is 4.74 Å². The number of hydrogen-bond donors (Lipinski definition) is 1. The van der Waals surface area contributed by atoms with Crippen LogP contribution >= 0.6 is 0 Å². The quantitative estimate of drug-likeness (QED) is 0.828. The van der Waals surface area contributed by atoms with Crippen LogP contribution in [0.1, 0.15) is 57.1 Å². The minimum absolute atomic E-state index is 0.425. The Labute approximate surface area is 123 Å². The van der Waals surface area contributed by atoms with Gasteiger partial charge in [0.05, 0.1) is 6.10 Å². The molecule has 1 aliphatic carbocycles. The van der Waals surface area contributed by atoms with E-state index in [-0.39, 0.29) is 0 Å². The van der Waals surface area contributed by atoms with Crippen LogP contribution in [0.2, 0.25) is 0 Å². The molecule has 1 fully saturated rings. The molecule has 1 aromatic rings. The molecule has 0 atom stereocenters. The molecule has 2 rings (SSSR count). The Morgan fingerprint density at radius 1 is 1.20 bits per heavy atom. The Balaban J connectivity index is 2.01. The molecule has 0 radical (unpaired) electrons. The highest BCUT2D eigenvalue weighted by atomic mass is 16.5. The van der Waals surface area contributed by atoms with Gasteiger partial charge in [0.1, 0.15) is 5.75 Å². The fraction of sp³-hybridized carbons (Fsp3) is 0.667. The zero-order valence-electron chi connectivity index (χ0n) is 13.2. The summed E-state index contributed by atoms with van der Waals surface area (Å²) in [6, 6.07) is 6.48. The molecule has 1 N–H and O–H groups in total. The van der Waals surface area contributed by atoms with Gasteiger partial charge in [-0.05, 0) is 50.6 Å². The summed E-state index contributed by atoms with van der Waals surface area (Å²) in [5, 5.41) is 3.53. The zero-order chi connectivity index (χ0) is 14.4. The largest absolute Gasteiger partial charge is 0.490 e. The average Bonchev–Trinajstić information content (AvgIpc) is 2.43. The number of nitrogens with one attached hydrogen (secondary N) is 1. The van der Waals surface area contributed by atoms with E-state index in [1.165, 1.54) is 43.2 Å². The summed E-state index contributed by atoms with van der Waals surface area (Å²) in [7, 11) is 0. The van der Waals surface area contributed by atoms with Crippen LogP contribution in [0.25, 0.3) is 0 Å². The third kappa shape index (κ3) is 4.52. The van der Waals surface area contributed by atoms with Crippen molar-refractivity contribution in [3.63, 3.8) is 0 Å². The number of aryl methyl sites for hydroxylation is 1. The lowest BCUT2D eigenvalue weighted by molar-refractivity contribution is 0.152. The maximum atomic E-state index is 6.33. The van der Waals surface area contributed by atoms with Crippen LogP contribution < -0.4 is 10.1 Å². The first-order valence-electron chi connectivity index (χ1n) is 8.12. The highest BCUT2D eigenvalue weighted by Gasteiger charge is 2.17. The molecule has 0 aliphatic heterocycles. The summed E-state index contributed by atoms with van der Waals surface area (Å²) < 4.78 is 6.33. The van der Waals surface area contributed by atoms with Gasteiger partial charge in [-0.15, -0.1) is 0 Å². The van der Waals surface area contributed by atoms with E-state index in [2.05, 4.69) is 44.3 Å². The van der Waals surface area contributed by atoms with Gasteiger partial charge in [0.15, 0.2) is 0 Å². The lowest BCUT2D eigenvalue weighted by Crippen LogP contribution is -2.23. The van der Waals surface area contributed by atoms with E-state index in [0.717, 1.165) is 18.8 Å². The van der Waals surface area contributed by atoms with Gasteiger partial charge in [0.2, 0.25) is 0 Å². The number of para-hydroxylation sites is 1. The van der Waals surface area contributed by atoms with Crippen LogP contribution in [-0.4, -0.2) is 12.6 Å². The first kappa shape index (κ1) is 15.4. The summed E-state index contributed by atoms with van der Waals surface area (Å²) in [5.41, 5.74) is 2.57. The van der Waals surface area contributed by atoms with Crippen molar-refractivity contribution in [2.45, 2.75) is 65.5 Å². The van der Waals surface area contributed by atoms with Gasteiger partial charge in [-0.3, -0.25) is 0 Å². The Morgan fingerprint density at radius 2 is 1.95 bits per heavy atom. The van der Waals surface area contributed by atoms with Gasteiger partial charge in [-0.1, -0.05) is 38.5 Å². The van der Waals surface area contributed by atoms with Crippen molar-refractivity contribution in [3.05, 3.63) is 29.3 Å². The SMILES string of the molecule is Cc1cccc(CNCC(C)C)c1OC1CCCCC1. The molecule has 0 aromatic heterocycles. The lowest BCUT2D eigenvalue weighted by Gasteiger charge is -2.25. The standard InChI is InChI=1S/C18H29NO/c1-14(2)12-19-13-16-9-7-8-15(3)18(16)20-17-10-5-4-6-11-17/h7-9,14,17,19H,4-6,10-13H2,1-3H3. The van der Waals surface area contributed by atoms with Gasteiger partial charge in [0.25, 0.3) is 0 Å². The second-order valence-electron chi connectivity index (χ2n) is 6.47. The molecule has 112 valence electrons. The van der Waals surface area contributed by atoms with Crippen LogP contribution in [0, 0.1) is 12.8 Å². The average molecular weight is 275 g/mol. The molecule has 1 aliphatic rings. The molecular weight excluding hydrogens is 246 g/mol. The summed E-state index contributed by atoms with van der Waals surface area (Å²) in [5.74, 6) is 1.80. The van der Waals surface area contributed by atoms with E-state index in [4.69, 9.17) is 4.74 Å². The van der Waals surface area contributed by atoms with E-state index in [1.54, 1.807) is 0 Å². The molecule has 0 saturated heterocycles. The first-order valence-corrected chi connectivity index (χ1v) is 8.12. The Kier molecular flexibility index (Phi) is 5.90. The summed E-state index contributed by atoms with van der Waals surface area (Å²) >= 11 is 0. The molecule has 2 heteroatoms. The number of hydrogen-bond acceptors (Lipinski definition) is 2. The summed E-state index contributed by atoms with van der Waals surface area (Å²) in [6.07, 6.45) is 6.86. The van der Waals surface area contributed by atoms with Crippen molar-refractivity contribution in [1.29, 1.82) is 0 Å². The van der Waals surface area contributed by atoms with Gasteiger partial charge >= 0.3 is 0 Å². The van der Waals surface area contributed by atoms with E-state index in [9.17, 15) is 0 Å². The lowest BCUT2D eigenvalue weighted by atomic mass is 9.97. The third-order valence-electron chi connectivity index (χ3n) is 4.00. The Morgan fingerprint density at radius 3 is 2.65 bits per heavy atom. The van der Waals surface area contributed by atoms with Crippen molar-refractivity contribution in [1.82, 2.24) is 5.32 Å².